The van der Waals surface area contributed by atoms with Crippen molar-refractivity contribution in [3.05, 3.63) is 72.4 Å². The fraction of sp³-hybridized carbons (Fsp3) is 0.483. The van der Waals surface area contributed by atoms with Crippen molar-refractivity contribution in [2.45, 2.75) is 45.1 Å². The molecule has 0 aromatic heterocycles. The minimum atomic E-state index is -0.630. The van der Waals surface area contributed by atoms with Crippen molar-refractivity contribution in [3.8, 4) is 0 Å². The van der Waals surface area contributed by atoms with Crippen LogP contribution in [-0.2, 0) is 14.4 Å². The zero-order chi connectivity index (χ0) is 26.1. The van der Waals surface area contributed by atoms with E-state index in [1.54, 1.807) is 18.7 Å². The molecule has 0 saturated carbocycles. The lowest BCUT2D eigenvalue weighted by Gasteiger charge is -2.43. The Morgan fingerprint density at radius 1 is 1.31 bits per heavy atom. The molecule has 3 amide bonds. The molecule has 2 aliphatic rings. The fourth-order valence-electron chi connectivity index (χ4n) is 5.28. The Balaban J connectivity index is 1.79. The number of thioether (sulfide) groups is 1. The monoisotopic (exact) mass is 509 g/mol. The molecule has 3 rings (SSSR count). The number of likely N-dealkylation sites (N-methyl/N-ethyl adjacent to an activating group) is 1. The predicted octanol–water partition coefficient (Wildman–Crippen LogP) is 4.17. The van der Waals surface area contributed by atoms with Crippen molar-refractivity contribution in [2.24, 2.45) is 5.41 Å². The van der Waals surface area contributed by atoms with Crippen molar-refractivity contribution >= 4 is 29.5 Å². The van der Waals surface area contributed by atoms with Gasteiger partial charge in [-0.15, -0.1) is 0 Å². The van der Waals surface area contributed by atoms with Crippen LogP contribution in [-0.4, -0.2) is 71.8 Å². The van der Waals surface area contributed by atoms with E-state index in [4.69, 9.17) is 0 Å². The molecule has 0 radical (unpaired) electrons. The van der Waals surface area contributed by atoms with Gasteiger partial charge < -0.3 is 15.1 Å². The summed E-state index contributed by atoms with van der Waals surface area (Å²) in [5.74, 6) is 1.07. The van der Waals surface area contributed by atoms with Crippen molar-refractivity contribution in [3.63, 3.8) is 0 Å². The van der Waals surface area contributed by atoms with Gasteiger partial charge in [0.25, 0.3) is 0 Å². The molecule has 2 heterocycles. The Labute approximate surface area is 219 Å². The molecule has 36 heavy (non-hydrogen) atoms. The number of carbonyl (C=O) groups is 3. The summed E-state index contributed by atoms with van der Waals surface area (Å²) in [7, 11) is 1.85. The number of nitrogens with zero attached hydrogens (tertiary/aromatic N) is 2. The zero-order valence-electron chi connectivity index (χ0n) is 21.7. The van der Waals surface area contributed by atoms with Gasteiger partial charge in [-0.1, -0.05) is 68.1 Å². The van der Waals surface area contributed by atoms with E-state index >= 15 is 0 Å². The van der Waals surface area contributed by atoms with E-state index in [2.05, 4.69) is 24.0 Å². The first-order chi connectivity index (χ1) is 17.4. The number of hydrogen-bond acceptors (Lipinski definition) is 4. The quantitative estimate of drug-likeness (QED) is 0.481. The van der Waals surface area contributed by atoms with Gasteiger partial charge in [0.15, 0.2) is 0 Å². The summed E-state index contributed by atoms with van der Waals surface area (Å²) in [6.07, 6.45) is 9.58. The maximum absolute atomic E-state index is 13.8. The number of allylic oxidation sites excluding steroid dienone is 4. The Hall–Kier alpha value is -2.80. The second kappa shape index (κ2) is 12.9. The average molecular weight is 510 g/mol. The molecular weight excluding hydrogens is 470 g/mol. The average Bonchev–Trinajstić information content (AvgIpc) is 3.14. The Morgan fingerprint density at radius 2 is 2.06 bits per heavy atom. The first kappa shape index (κ1) is 27.8. The number of carbonyl (C=O) groups excluding carboxylic acids is 3. The van der Waals surface area contributed by atoms with Gasteiger partial charge in [-0.3, -0.25) is 14.4 Å². The zero-order valence-corrected chi connectivity index (χ0v) is 22.6. The van der Waals surface area contributed by atoms with Crippen LogP contribution in [0.1, 0.15) is 44.6 Å². The molecule has 2 saturated heterocycles. The summed E-state index contributed by atoms with van der Waals surface area (Å²) in [6.45, 7) is 9.25. The molecule has 6 nitrogen and oxygen atoms in total. The summed E-state index contributed by atoms with van der Waals surface area (Å²) in [5, 5.41) is 2.93. The maximum Gasteiger partial charge on any atom is 0.246 e. The van der Waals surface area contributed by atoms with Crippen LogP contribution in [0.4, 0.5) is 0 Å². The Morgan fingerprint density at radius 3 is 2.72 bits per heavy atom. The van der Waals surface area contributed by atoms with Crippen molar-refractivity contribution in [1.82, 2.24) is 15.1 Å². The Bertz CT molecular complexity index is 1010. The van der Waals surface area contributed by atoms with Crippen LogP contribution < -0.4 is 5.32 Å². The van der Waals surface area contributed by atoms with E-state index in [0.29, 0.717) is 37.6 Å². The van der Waals surface area contributed by atoms with E-state index in [1.807, 2.05) is 66.3 Å². The third kappa shape index (κ3) is 6.30. The van der Waals surface area contributed by atoms with Crippen LogP contribution in [0.2, 0.25) is 0 Å². The van der Waals surface area contributed by atoms with Crippen LogP contribution in [0.3, 0.4) is 0 Å². The van der Waals surface area contributed by atoms with E-state index in [9.17, 15) is 14.4 Å². The molecule has 1 aromatic carbocycles. The molecule has 3 atom stereocenters. The van der Waals surface area contributed by atoms with Crippen LogP contribution in [0.25, 0.3) is 0 Å². The van der Waals surface area contributed by atoms with E-state index in [1.165, 1.54) is 0 Å². The lowest BCUT2D eigenvalue weighted by Crippen LogP contribution is -2.56. The number of benzene rings is 1. The van der Waals surface area contributed by atoms with Crippen molar-refractivity contribution in [1.29, 1.82) is 0 Å². The summed E-state index contributed by atoms with van der Waals surface area (Å²) < 4.78 is 0. The second-order valence-corrected chi connectivity index (χ2v) is 10.7. The third-order valence-electron chi connectivity index (χ3n) is 7.21. The number of nitrogens with one attached hydrogen (secondary N) is 1. The number of hydrogen-bond donors (Lipinski definition) is 1. The number of piperidine rings is 1. The van der Waals surface area contributed by atoms with Gasteiger partial charge in [0, 0.05) is 50.5 Å². The van der Waals surface area contributed by atoms with Crippen molar-refractivity contribution in [2.75, 3.05) is 38.2 Å². The molecule has 2 unspecified atom stereocenters. The highest BCUT2D eigenvalue weighted by molar-refractivity contribution is 7.99. The minimum Gasteiger partial charge on any atom is -0.345 e. The molecule has 0 aliphatic carbocycles. The summed E-state index contributed by atoms with van der Waals surface area (Å²) in [4.78, 5) is 43.2. The molecular formula is C29H39N3O3S. The molecule has 194 valence electrons. The summed E-state index contributed by atoms with van der Waals surface area (Å²) in [5.41, 5.74) is 1.58. The number of likely N-dealkylation sites (tertiary alicyclic amines) is 2. The van der Waals surface area contributed by atoms with Gasteiger partial charge in [0.2, 0.25) is 17.7 Å². The standard InChI is InChI=1S/C29H39N3O3S/c1-5-8-13-22(6-2)19-36-20-25(30-26(33)7-3)27(34)32-17-12-16-29(21-32)24(18-31(4)28(29)35)23-14-10-9-11-15-23/h5-6,8-11,13-15,24-25H,2,7,12,16-21H2,1,3-4H3,(H,30,33)/b8-5-,22-13+/t24?,25?,29-/m0/s1. The molecule has 1 aromatic rings. The minimum absolute atomic E-state index is 0.0387. The summed E-state index contributed by atoms with van der Waals surface area (Å²) >= 11 is 1.60. The van der Waals surface area contributed by atoms with Crippen LogP contribution >= 0.6 is 11.8 Å². The number of rotatable bonds is 10. The van der Waals surface area contributed by atoms with Crippen LogP contribution in [0.5, 0.6) is 0 Å². The highest BCUT2D eigenvalue weighted by atomic mass is 32.2. The topological polar surface area (TPSA) is 69.7 Å². The normalized spacial score (nSPS) is 23.4. The fourth-order valence-corrected chi connectivity index (χ4v) is 6.31. The van der Waals surface area contributed by atoms with Gasteiger partial charge in [0.05, 0.1) is 5.41 Å². The largest absolute Gasteiger partial charge is 0.345 e. The number of amides is 3. The smallest absolute Gasteiger partial charge is 0.246 e. The van der Waals surface area contributed by atoms with E-state index in [-0.39, 0.29) is 23.6 Å². The second-order valence-electron chi connectivity index (χ2n) is 9.63. The first-order valence-electron chi connectivity index (χ1n) is 12.8. The molecule has 1 N–H and O–H groups in total. The summed E-state index contributed by atoms with van der Waals surface area (Å²) in [6, 6.07) is 9.53. The maximum atomic E-state index is 13.8. The SMILES string of the molecule is C=C/C(=C\C=C/C)CSCC(NC(=O)CC)C(=O)N1CCC[C@@]2(C1)C(=O)N(C)CC2c1ccccc1. The van der Waals surface area contributed by atoms with Gasteiger partial charge in [0.1, 0.15) is 6.04 Å². The van der Waals surface area contributed by atoms with Crippen LogP contribution in [0.15, 0.2) is 66.8 Å². The third-order valence-corrected chi connectivity index (χ3v) is 8.31. The van der Waals surface area contributed by atoms with Crippen molar-refractivity contribution < 1.29 is 14.4 Å². The highest BCUT2D eigenvalue weighted by Gasteiger charge is 2.55. The van der Waals surface area contributed by atoms with E-state index in [0.717, 1.165) is 24.0 Å². The van der Waals surface area contributed by atoms with Gasteiger partial charge in [-0.25, -0.2) is 0 Å². The highest BCUT2D eigenvalue weighted by Crippen LogP contribution is 2.49. The Kier molecular flexibility index (Phi) is 9.99. The van der Waals surface area contributed by atoms with Gasteiger partial charge in [-0.05, 0) is 30.9 Å². The molecule has 0 bridgehead atoms. The predicted molar refractivity (Wildman–Crippen MR) is 148 cm³/mol. The van der Waals surface area contributed by atoms with Gasteiger partial charge in [-0.2, -0.15) is 11.8 Å². The molecule has 2 fully saturated rings. The lowest BCUT2D eigenvalue weighted by molar-refractivity contribution is -0.145. The van der Waals surface area contributed by atoms with Crippen LogP contribution in [0, 0.1) is 5.41 Å². The van der Waals surface area contributed by atoms with E-state index < -0.39 is 11.5 Å². The molecule has 1 spiro atoms. The van der Waals surface area contributed by atoms with Gasteiger partial charge >= 0.3 is 0 Å². The molecule has 7 heteroatoms. The lowest BCUT2D eigenvalue weighted by atomic mass is 9.69. The molecule has 2 aliphatic heterocycles. The first-order valence-corrected chi connectivity index (χ1v) is 13.9.